The number of carbonyl (C=O) groups excluding carboxylic acids is 1. The molecule has 2 aromatic carbocycles. The van der Waals surface area contributed by atoms with Crippen LogP contribution in [0.3, 0.4) is 0 Å². The van der Waals surface area contributed by atoms with Crippen molar-refractivity contribution in [3.8, 4) is 0 Å². The molecule has 0 saturated carbocycles. The van der Waals surface area contributed by atoms with Crippen LogP contribution in [-0.2, 0) is 0 Å². The summed E-state index contributed by atoms with van der Waals surface area (Å²) in [5, 5.41) is 15.3. The number of anilines is 2. The summed E-state index contributed by atoms with van der Waals surface area (Å²) in [5.41, 5.74) is 0.299. The highest BCUT2D eigenvalue weighted by molar-refractivity contribution is 9.10. The summed E-state index contributed by atoms with van der Waals surface area (Å²) in [6.07, 6.45) is 0. The van der Waals surface area contributed by atoms with Crippen molar-refractivity contribution in [1.82, 2.24) is 0 Å². The van der Waals surface area contributed by atoms with E-state index in [1.165, 1.54) is 36.4 Å². The first-order chi connectivity index (χ1) is 9.95. The molecule has 2 aromatic rings. The van der Waals surface area contributed by atoms with Crippen molar-refractivity contribution in [2.75, 3.05) is 10.6 Å². The number of hydrogen-bond donors (Lipinski definition) is 2. The van der Waals surface area contributed by atoms with E-state index in [1.807, 2.05) is 0 Å². The van der Waals surface area contributed by atoms with Gasteiger partial charge < -0.3 is 10.6 Å². The van der Waals surface area contributed by atoms with Crippen LogP contribution in [-0.4, -0.2) is 11.0 Å². The Morgan fingerprint density at radius 1 is 1.14 bits per heavy atom. The van der Waals surface area contributed by atoms with Crippen molar-refractivity contribution in [2.45, 2.75) is 0 Å². The second-order valence-corrected chi connectivity index (χ2v) is 4.92. The summed E-state index contributed by atoms with van der Waals surface area (Å²) in [7, 11) is 0. The molecule has 8 heteroatoms. The lowest BCUT2D eigenvalue weighted by Crippen LogP contribution is -2.20. The van der Waals surface area contributed by atoms with Crippen LogP contribution in [0.1, 0.15) is 0 Å². The van der Waals surface area contributed by atoms with Gasteiger partial charge in [0, 0.05) is 22.3 Å². The van der Waals surface area contributed by atoms with Gasteiger partial charge in [0.2, 0.25) is 0 Å². The average Bonchev–Trinajstić information content (AvgIpc) is 2.42. The van der Waals surface area contributed by atoms with Crippen LogP contribution in [0.4, 0.5) is 26.2 Å². The molecule has 0 radical (unpaired) electrons. The molecule has 0 aliphatic heterocycles. The third-order valence-corrected chi connectivity index (χ3v) is 3.01. The Morgan fingerprint density at radius 3 is 2.38 bits per heavy atom. The van der Waals surface area contributed by atoms with Crippen LogP contribution >= 0.6 is 15.9 Å². The van der Waals surface area contributed by atoms with Gasteiger partial charge in [-0.1, -0.05) is 15.9 Å². The maximum Gasteiger partial charge on any atom is 0.323 e. The lowest BCUT2D eigenvalue weighted by Gasteiger charge is -2.08. The number of carbonyl (C=O) groups is 1. The molecule has 0 atom stereocenters. The Morgan fingerprint density at radius 2 is 1.81 bits per heavy atom. The third-order valence-electron chi connectivity index (χ3n) is 2.52. The molecule has 6 nitrogen and oxygen atoms in total. The molecule has 0 spiro atoms. The summed E-state index contributed by atoms with van der Waals surface area (Å²) in [5.74, 6) is -0.580. The van der Waals surface area contributed by atoms with E-state index in [9.17, 15) is 19.3 Å². The molecule has 0 aromatic heterocycles. The fourth-order valence-electron chi connectivity index (χ4n) is 1.54. The molecule has 0 aliphatic carbocycles. The van der Waals surface area contributed by atoms with E-state index in [1.54, 1.807) is 6.07 Å². The molecule has 21 heavy (non-hydrogen) atoms. The summed E-state index contributed by atoms with van der Waals surface area (Å²) < 4.78 is 14.1. The molecule has 0 aliphatic rings. The molecular weight excluding hydrogens is 345 g/mol. The van der Waals surface area contributed by atoms with Crippen LogP contribution in [0.15, 0.2) is 46.9 Å². The highest BCUT2D eigenvalue weighted by atomic mass is 79.9. The number of rotatable bonds is 3. The summed E-state index contributed by atoms with van der Waals surface area (Å²) in [6, 6.07) is 8.86. The second kappa shape index (κ2) is 6.31. The van der Waals surface area contributed by atoms with Crippen molar-refractivity contribution < 1.29 is 14.1 Å². The molecule has 0 unspecified atom stereocenters. The smallest absolute Gasteiger partial charge is 0.308 e. The Hall–Kier alpha value is -2.48. The number of nitro benzene ring substituents is 1. The van der Waals surface area contributed by atoms with Crippen LogP contribution in [0.5, 0.6) is 0 Å². The number of urea groups is 1. The molecule has 2 N–H and O–H groups in total. The van der Waals surface area contributed by atoms with E-state index < -0.39 is 16.8 Å². The van der Waals surface area contributed by atoms with Crippen LogP contribution < -0.4 is 10.6 Å². The number of amides is 2. The van der Waals surface area contributed by atoms with E-state index in [4.69, 9.17) is 0 Å². The van der Waals surface area contributed by atoms with Crippen molar-refractivity contribution in [3.63, 3.8) is 0 Å². The summed E-state index contributed by atoms with van der Waals surface area (Å²) in [4.78, 5) is 21.7. The Labute approximate surface area is 127 Å². The number of nitrogens with one attached hydrogen (secondary N) is 2. The van der Waals surface area contributed by atoms with Gasteiger partial charge in [-0.05, 0) is 30.3 Å². The first-order valence-corrected chi connectivity index (χ1v) is 6.52. The van der Waals surface area contributed by atoms with Gasteiger partial charge in [-0.3, -0.25) is 10.1 Å². The lowest BCUT2D eigenvalue weighted by molar-refractivity contribution is -0.384. The molecule has 0 fully saturated rings. The van der Waals surface area contributed by atoms with Gasteiger partial charge in [0.05, 0.1) is 10.6 Å². The quantitative estimate of drug-likeness (QED) is 0.642. The Balaban J connectivity index is 2.02. The van der Waals surface area contributed by atoms with Gasteiger partial charge in [0.15, 0.2) is 0 Å². The number of hydrogen-bond acceptors (Lipinski definition) is 3. The maximum absolute atomic E-state index is 13.5. The molecular formula is C13H9BrFN3O3. The van der Waals surface area contributed by atoms with Crippen molar-refractivity contribution in [2.24, 2.45) is 0 Å². The highest BCUT2D eigenvalue weighted by Crippen LogP contribution is 2.20. The fraction of sp³-hybridized carbons (Fsp3) is 0. The van der Waals surface area contributed by atoms with Gasteiger partial charge in [-0.25, -0.2) is 9.18 Å². The second-order valence-electron chi connectivity index (χ2n) is 4.01. The first-order valence-electron chi connectivity index (χ1n) is 5.73. The van der Waals surface area contributed by atoms with E-state index in [0.717, 1.165) is 0 Å². The van der Waals surface area contributed by atoms with Gasteiger partial charge >= 0.3 is 6.03 Å². The highest BCUT2D eigenvalue weighted by Gasteiger charge is 2.09. The van der Waals surface area contributed by atoms with Crippen LogP contribution in [0.25, 0.3) is 0 Å². The Bertz CT molecular complexity index is 692. The Kier molecular flexibility index (Phi) is 4.49. The van der Waals surface area contributed by atoms with Crippen molar-refractivity contribution in [1.29, 1.82) is 0 Å². The normalized spacial score (nSPS) is 10.0. The SMILES string of the molecule is O=C(Nc1ccc([N+](=O)[O-])cc1)Nc1ccc(Br)cc1F. The number of benzene rings is 2. The minimum atomic E-state index is -0.648. The lowest BCUT2D eigenvalue weighted by atomic mass is 10.3. The zero-order chi connectivity index (χ0) is 15.4. The monoisotopic (exact) mass is 353 g/mol. The largest absolute Gasteiger partial charge is 0.323 e. The van der Waals surface area contributed by atoms with Crippen LogP contribution in [0, 0.1) is 15.9 Å². The topological polar surface area (TPSA) is 84.3 Å². The van der Waals surface area contributed by atoms with Gasteiger partial charge in [-0.15, -0.1) is 0 Å². The number of nitrogens with zero attached hydrogens (tertiary/aromatic N) is 1. The summed E-state index contributed by atoms with van der Waals surface area (Å²) >= 11 is 3.11. The van der Waals surface area contributed by atoms with Crippen LogP contribution in [0.2, 0.25) is 0 Å². The molecule has 108 valence electrons. The molecule has 2 amide bonds. The van der Waals surface area contributed by atoms with Crippen molar-refractivity contribution >= 4 is 39.0 Å². The van der Waals surface area contributed by atoms with E-state index in [2.05, 4.69) is 26.6 Å². The number of halogens is 2. The maximum atomic E-state index is 13.5. The zero-order valence-electron chi connectivity index (χ0n) is 10.5. The summed E-state index contributed by atoms with van der Waals surface area (Å²) in [6.45, 7) is 0. The van der Waals surface area contributed by atoms with Gasteiger partial charge in [0.25, 0.3) is 5.69 Å². The van der Waals surface area contributed by atoms with E-state index >= 15 is 0 Å². The number of nitro groups is 1. The predicted octanol–water partition coefficient (Wildman–Crippen LogP) is 4.14. The van der Waals surface area contributed by atoms with E-state index in [-0.39, 0.29) is 11.4 Å². The zero-order valence-corrected chi connectivity index (χ0v) is 12.1. The van der Waals surface area contributed by atoms with Gasteiger partial charge in [0.1, 0.15) is 5.82 Å². The fourth-order valence-corrected chi connectivity index (χ4v) is 1.88. The average molecular weight is 354 g/mol. The van der Waals surface area contributed by atoms with E-state index in [0.29, 0.717) is 10.2 Å². The molecule has 0 bridgehead atoms. The minimum Gasteiger partial charge on any atom is -0.308 e. The standard InChI is InChI=1S/C13H9BrFN3O3/c14-8-1-6-12(11(15)7-8)17-13(19)16-9-2-4-10(5-3-9)18(20)21/h1-7H,(H2,16,17,19). The predicted molar refractivity (Wildman–Crippen MR) is 79.8 cm³/mol. The first kappa shape index (κ1) is 14.9. The minimum absolute atomic E-state index is 0.0256. The third kappa shape index (κ3) is 3.99. The molecule has 2 rings (SSSR count). The molecule has 0 heterocycles. The number of non-ortho nitro benzene ring substituents is 1. The van der Waals surface area contributed by atoms with Gasteiger partial charge in [-0.2, -0.15) is 0 Å². The molecule has 0 saturated heterocycles. The van der Waals surface area contributed by atoms with Crippen molar-refractivity contribution in [3.05, 3.63) is 62.9 Å².